The van der Waals surface area contributed by atoms with E-state index in [1.807, 2.05) is 42.5 Å². The summed E-state index contributed by atoms with van der Waals surface area (Å²) in [5.41, 5.74) is 3.11. The average Bonchev–Trinajstić information content (AvgIpc) is 3.04. The lowest BCUT2D eigenvalue weighted by atomic mass is 10.1. The summed E-state index contributed by atoms with van der Waals surface area (Å²) < 4.78 is 5.57. The normalized spacial score (nSPS) is 17.5. The van der Waals surface area contributed by atoms with E-state index in [9.17, 15) is 9.59 Å². The van der Waals surface area contributed by atoms with Crippen LogP contribution in [0.2, 0.25) is 5.02 Å². The summed E-state index contributed by atoms with van der Waals surface area (Å²) >= 11 is 7.21. The van der Waals surface area contributed by atoms with Crippen LogP contribution in [0, 0.1) is 0 Å². The van der Waals surface area contributed by atoms with Gasteiger partial charge in [-0.3, -0.25) is 14.5 Å². The largest absolute Gasteiger partial charge is 0.484 e. The van der Waals surface area contributed by atoms with Gasteiger partial charge in [-0.1, -0.05) is 53.7 Å². The Morgan fingerprint density at radius 2 is 1.87 bits per heavy atom. The topological polar surface area (TPSA) is 71.0 Å². The van der Waals surface area contributed by atoms with E-state index in [1.54, 1.807) is 31.2 Å². The number of anilines is 1. The Bertz CT molecular complexity index is 1130. The second-order valence-electron chi connectivity index (χ2n) is 6.64. The van der Waals surface area contributed by atoms with E-state index in [4.69, 9.17) is 16.3 Å². The highest BCUT2D eigenvalue weighted by atomic mass is 35.5. The zero-order chi connectivity index (χ0) is 21.1. The van der Waals surface area contributed by atoms with E-state index in [1.165, 1.54) is 16.7 Å². The van der Waals surface area contributed by atoms with E-state index in [0.717, 1.165) is 10.8 Å². The molecule has 0 aliphatic carbocycles. The standard InChI is InChI=1S/C22H18ClN3O3S/c1-14-21(28)26(18-9-7-17(23)8-10-18)22(30-14)25-24-20(27)13-29-19-11-6-15-4-2-3-5-16(15)12-19/h2-12,14H,13H2,1H3,(H,24,27)/b25-22+. The van der Waals surface area contributed by atoms with Crippen molar-refractivity contribution in [1.29, 1.82) is 0 Å². The van der Waals surface area contributed by atoms with Crippen molar-refractivity contribution in [1.82, 2.24) is 5.43 Å². The Morgan fingerprint density at radius 1 is 1.13 bits per heavy atom. The number of thioether (sulfide) groups is 1. The third-order valence-corrected chi connectivity index (χ3v) is 5.79. The molecule has 3 aromatic carbocycles. The van der Waals surface area contributed by atoms with Crippen molar-refractivity contribution >= 4 is 56.8 Å². The van der Waals surface area contributed by atoms with Crippen LogP contribution in [0.3, 0.4) is 0 Å². The molecule has 3 aromatic rings. The number of halogens is 1. The van der Waals surface area contributed by atoms with Crippen molar-refractivity contribution in [2.45, 2.75) is 12.2 Å². The Balaban J connectivity index is 1.41. The van der Waals surface area contributed by atoms with E-state index in [2.05, 4.69) is 10.5 Å². The van der Waals surface area contributed by atoms with Gasteiger partial charge >= 0.3 is 0 Å². The number of nitrogens with zero attached hydrogens (tertiary/aromatic N) is 2. The molecule has 152 valence electrons. The minimum absolute atomic E-state index is 0.109. The molecule has 8 heteroatoms. The second kappa shape index (κ2) is 8.77. The first-order chi connectivity index (χ1) is 14.5. The fourth-order valence-electron chi connectivity index (χ4n) is 2.99. The maximum absolute atomic E-state index is 12.5. The van der Waals surface area contributed by atoms with Gasteiger partial charge in [-0.25, -0.2) is 5.43 Å². The van der Waals surface area contributed by atoms with Crippen LogP contribution in [0.4, 0.5) is 5.69 Å². The molecular weight excluding hydrogens is 422 g/mol. The summed E-state index contributed by atoms with van der Waals surface area (Å²) in [4.78, 5) is 26.2. The number of amidine groups is 1. The van der Waals surface area contributed by atoms with Gasteiger partial charge in [0, 0.05) is 5.02 Å². The van der Waals surface area contributed by atoms with Gasteiger partial charge in [0.1, 0.15) is 5.75 Å². The fourth-order valence-corrected chi connectivity index (χ4v) is 4.04. The predicted octanol–water partition coefficient (Wildman–Crippen LogP) is 4.43. The van der Waals surface area contributed by atoms with Gasteiger partial charge in [0.05, 0.1) is 10.9 Å². The molecule has 0 aromatic heterocycles. The van der Waals surface area contributed by atoms with E-state index < -0.39 is 5.91 Å². The highest BCUT2D eigenvalue weighted by Gasteiger charge is 2.36. The average molecular weight is 440 g/mol. The first-order valence-corrected chi connectivity index (χ1v) is 10.5. The Kier molecular flexibility index (Phi) is 5.92. The Labute approximate surface area is 182 Å². The van der Waals surface area contributed by atoms with Gasteiger partial charge in [-0.2, -0.15) is 0 Å². The van der Waals surface area contributed by atoms with Crippen LogP contribution in [0.25, 0.3) is 10.8 Å². The summed E-state index contributed by atoms with van der Waals surface area (Å²) in [6.07, 6.45) is 0. The smallest absolute Gasteiger partial charge is 0.278 e. The lowest BCUT2D eigenvalue weighted by molar-refractivity contribution is -0.123. The predicted molar refractivity (Wildman–Crippen MR) is 121 cm³/mol. The van der Waals surface area contributed by atoms with Gasteiger partial charge in [0.2, 0.25) is 5.91 Å². The zero-order valence-corrected chi connectivity index (χ0v) is 17.6. The van der Waals surface area contributed by atoms with E-state index >= 15 is 0 Å². The van der Waals surface area contributed by atoms with E-state index in [0.29, 0.717) is 21.6 Å². The SMILES string of the molecule is CC1S/C(=N/NC(=O)COc2ccc3ccccc3c2)N(c2ccc(Cl)cc2)C1=O. The molecule has 6 nitrogen and oxygen atoms in total. The molecule has 1 aliphatic rings. The Hall–Kier alpha value is -3.03. The number of ether oxygens (including phenoxy) is 1. The maximum Gasteiger partial charge on any atom is 0.278 e. The van der Waals surface area contributed by atoms with Crippen molar-refractivity contribution in [3.8, 4) is 5.75 Å². The first-order valence-electron chi connectivity index (χ1n) is 9.25. The molecule has 1 atom stereocenters. The molecule has 0 saturated carbocycles. The number of hydrogen-bond donors (Lipinski definition) is 1. The number of fused-ring (bicyclic) bond motifs is 1. The molecule has 30 heavy (non-hydrogen) atoms. The van der Waals surface area contributed by atoms with Gasteiger partial charge in [0.15, 0.2) is 11.8 Å². The molecular formula is C22H18ClN3O3S. The van der Waals surface area contributed by atoms with Crippen LogP contribution in [0.5, 0.6) is 5.75 Å². The highest BCUT2D eigenvalue weighted by Crippen LogP contribution is 2.32. The number of carbonyl (C=O) groups excluding carboxylic acids is 2. The number of benzene rings is 3. The molecule has 0 spiro atoms. The summed E-state index contributed by atoms with van der Waals surface area (Å²) in [6, 6.07) is 20.4. The monoisotopic (exact) mass is 439 g/mol. The highest BCUT2D eigenvalue weighted by molar-refractivity contribution is 8.16. The number of nitrogens with one attached hydrogen (secondary N) is 1. The van der Waals surface area contributed by atoms with E-state index in [-0.39, 0.29) is 17.8 Å². The van der Waals surface area contributed by atoms with Crippen LogP contribution >= 0.6 is 23.4 Å². The molecule has 4 rings (SSSR count). The molecule has 1 heterocycles. The minimum Gasteiger partial charge on any atom is -0.484 e. The zero-order valence-electron chi connectivity index (χ0n) is 16.0. The number of hydrogen-bond acceptors (Lipinski definition) is 5. The van der Waals surface area contributed by atoms with Crippen LogP contribution in [0.15, 0.2) is 71.8 Å². The van der Waals surface area contributed by atoms with Crippen LogP contribution in [-0.2, 0) is 9.59 Å². The number of amides is 2. The molecule has 2 amide bonds. The lowest BCUT2D eigenvalue weighted by Crippen LogP contribution is -2.33. The van der Waals surface area contributed by atoms with Gasteiger partial charge in [-0.15, -0.1) is 5.10 Å². The van der Waals surface area contributed by atoms with Crippen LogP contribution < -0.4 is 15.1 Å². The number of rotatable bonds is 5. The third-order valence-electron chi connectivity index (χ3n) is 4.49. The molecule has 1 unspecified atom stereocenters. The van der Waals surface area contributed by atoms with Crippen LogP contribution in [0.1, 0.15) is 6.92 Å². The van der Waals surface area contributed by atoms with Crippen molar-refractivity contribution < 1.29 is 14.3 Å². The molecule has 0 bridgehead atoms. The molecule has 0 radical (unpaired) electrons. The first kappa shape index (κ1) is 20.3. The second-order valence-corrected chi connectivity index (χ2v) is 8.38. The molecule has 1 aliphatic heterocycles. The molecule has 1 saturated heterocycles. The number of hydrazone groups is 1. The third kappa shape index (κ3) is 4.42. The fraction of sp³-hybridized carbons (Fsp3) is 0.136. The van der Waals surface area contributed by atoms with Gasteiger partial charge < -0.3 is 4.74 Å². The van der Waals surface area contributed by atoms with Crippen molar-refractivity contribution in [2.24, 2.45) is 5.10 Å². The summed E-state index contributed by atoms with van der Waals surface area (Å²) in [7, 11) is 0. The summed E-state index contributed by atoms with van der Waals surface area (Å²) in [6.45, 7) is 1.60. The minimum atomic E-state index is -0.417. The van der Waals surface area contributed by atoms with Crippen molar-refractivity contribution in [3.05, 3.63) is 71.8 Å². The van der Waals surface area contributed by atoms with Crippen molar-refractivity contribution in [3.63, 3.8) is 0 Å². The molecule has 1 fully saturated rings. The summed E-state index contributed by atoms with van der Waals surface area (Å²) in [5, 5.41) is 6.94. The number of carbonyl (C=O) groups is 2. The van der Waals surface area contributed by atoms with Gasteiger partial charge in [-0.05, 0) is 54.1 Å². The summed E-state index contributed by atoms with van der Waals surface area (Å²) in [5.74, 6) is 0.0698. The maximum atomic E-state index is 12.5. The Morgan fingerprint density at radius 3 is 2.63 bits per heavy atom. The van der Waals surface area contributed by atoms with Crippen LogP contribution in [-0.4, -0.2) is 28.8 Å². The van der Waals surface area contributed by atoms with Crippen molar-refractivity contribution in [2.75, 3.05) is 11.5 Å². The molecule has 1 N–H and O–H groups in total. The van der Waals surface area contributed by atoms with Gasteiger partial charge in [0.25, 0.3) is 5.91 Å². The lowest BCUT2D eigenvalue weighted by Gasteiger charge is -2.16. The quantitative estimate of drug-likeness (QED) is 0.597.